The summed E-state index contributed by atoms with van der Waals surface area (Å²) in [5.41, 5.74) is 3.06. The van der Waals surface area contributed by atoms with Crippen molar-refractivity contribution in [1.29, 1.82) is 0 Å². The van der Waals surface area contributed by atoms with Gasteiger partial charge in [-0.25, -0.2) is 9.18 Å². The van der Waals surface area contributed by atoms with Crippen LogP contribution in [0, 0.1) is 19.7 Å². The quantitative estimate of drug-likeness (QED) is 0.691. The van der Waals surface area contributed by atoms with Gasteiger partial charge in [-0.1, -0.05) is 12.1 Å². The first-order valence-electron chi connectivity index (χ1n) is 7.38. The number of halogens is 1. The molecule has 0 aliphatic carbocycles. The van der Waals surface area contributed by atoms with Crippen molar-refractivity contribution in [2.24, 2.45) is 0 Å². The zero-order valence-electron chi connectivity index (χ0n) is 13.2. The van der Waals surface area contributed by atoms with Crippen LogP contribution in [0.25, 0.3) is 11.5 Å². The maximum atomic E-state index is 12.9. The van der Waals surface area contributed by atoms with E-state index >= 15 is 0 Å². The van der Waals surface area contributed by atoms with Crippen molar-refractivity contribution < 1.29 is 13.6 Å². The molecule has 0 radical (unpaired) electrons. The third-order valence-electron chi connectivity index (χ3n) is 3.82. The van der Waals surface area contributed by atoms with Gasteiger partial charge in [-0.05, 0) is 55.3 Å². The highest BCUT2D eigenvalue weighted by Crippen LogP contribution is 2.16. The Kier molecular flexibility index (Phi) is 4.12. The molecule has 0 aliphatic rings. The number of hydrogen-bond acceptors (Lipinski definition) is 4. The summed E-state index contributed by atoms with van der Waals surface area (Å²) in [6.07, 6.45) is 0. The van der Waals surface area contributed by atoms with Crippen molar-refractivity contribution in [2.75, 3.05) is 0 Å². The monoisotopic (exact) mass is 326 g/mol. The fraction of sp³-hybridized carbons (Fsp3) is 0.167. The molecular weight excluding hydrogens is 311 g/mol. The van der Waals surface area contributed by atoms with E-state index in [1.165, 1.54) is 24.3 Å². The van der Waals surface area contributed by atoms with Crippen LogP contribution in [0.4, 0.5) is 4.39 Å². The summed E-state index contributed by atoms with van der Waals surface area (Å²) >= 11 is 0. The van der Waals surface area contributed by atoms with Crippen LogP contribution in [-0.4, -0.2) is 15.6 Å². The van der Waals surface area contributed by atoms with Gasteiger partial charge in [-0.15, -0.1) is 5.10 Å². The SMILES string of the molecule is Cc1ccc(C(=O)Cn2nc(-c3ccc(F)cc3)oc2=O)cc1C. The summed E-state index contributed by atoms with van der Waals surface area (Å²) in [5.74, 6) is -1.32. The van der Waals surface area contributed by atoms with Gasteiger partial charge in [-0.2, -0.15) is 4.68 Å². The molecule has 0 saturated carbocycles. The molecule has 1 heterocycles. The van der Waals surface area contributed by atoms with Crippen LogP contribution in [0.2, 0.25) is 0 Å². The van der Waals surface area contributed by atoms with Crippen LogP contribution in [0.15, 0.2) is 51.7 Å². The van der Waals surface area contributed by atoms with Crippen LogP contribution < -0.4 is 5.76 Å². The van der Waals surface area contributed by atoms with Crippen molar-refractivity contribution >= 4 is 5.78 Å². The van der Waals surface area contributed by atoms with E-state index in [1.54, 1.807) is 12.1 Å². The molecule has 6 heteroatoms. The smallest absolute Gasteiger partial charge is 0.388 e. The summed E-state index contributed by atoms with van der Waals surface area (Å²) in [4.78, 5) is 24.2. The number of carbonyl (C=O) groups excluding carboxylic acids is 1. The molecule has 24 heavy (non-hydrogen) atoms. The minimum absolute atomic E-state index is 0.0490. The Morgan fingerprint density at radius 2 is 1.83 bits per heavy atom. The van der Waals surface area contributed by atoms with Gasteiger partial charge in [0.1, 0.15) is 12.4 Å². The third-order valence-corrected chi connectivity index (χ3v) is 3.82. The first-order valence-corrected chi connectivity index (χ1v) is 7.38. The van der Waals surface area contributed by atoms with Crippen LogP contribution in [0.1, 0.15) is 21.5 Å². The molecule has 3 aromatic rings. The average Bonchev–Trinajstić information content (AvgIpc) is 2.91. The maximum Gasteiger partial charge on any atom is 0.437 e. The number of hydrogen-bond donors (Lipinski definition) is 0. The van der Waals surface area contributed by atoms with E-state index in [9.17, 15) is 14.0 Å². The molecule has 0 spiro atoms. The van der Waals surface area contributed by atoms with Crippen LogP contribution in [-0.2, 0) is 6.54 Å². The summed E-state index contributed by atoms with van der Waals surface area (Å²) in [5, 5.41) is 4.01. The number of nitrogens with zero attached hydrogens (tertiary/aromatic N) is 2. The van der Waals surface area contributed by atoms with Gasteiger partial charge in [0, 0.05) is 11.1 Å². The summed E-state index contributed by atoms with van der Waals surface area (Å²) in [6.45, 7) is 3.66. The third kappa shape index (κ3) is 3.17. The van der Waals surface area contributed by atoms with E-state index in [2.05, 4.69) is 5.10 Å². The molecule has 0 aliphatic heterocycles. The summed E-state index contributed by atoms with van der Waals surface area (Å²) in [7, 11) is 0. The molecule has 0 N–H and O–H groups in total. The lowest BCUT2D eigenvalue weighted by atomic mass is 10.0. The number of aromatic nitrogens is 2. The van der Waals surface area contributed by atoms with E-state index < -0.39 is 11.6 Å². The topological polar surface area (TPSA) is 65.1 Å². The Balaban J connectivity index is 1.85. The van der Waals surface area contributed by atoms with Gasteiger partial charge in [0.2, 0.25) is 5.89 Å². The van der Waals surface area contributed by atoms with Crippen LogP contribution in [0.5, 0.6) is 0 Å². The lowest BCUT2D eigenvalue weighted by molar-refractivity contribution is 0.0965. The second-order valence-corrected chi connectivity index (χ2v) is 5.56. The van der Waals surface area contributed by atoms with Crippen LogP contribution >= 0.6 is 0 Å². The Bertz CT molecular complexity index is 955. The lowest BCUT2D eigenvalue weighted by Crippen LogP contribution is -2.21. The molecule has 0 bridgehead atoms. The number of rotatable bonds is 4. The van der Waals surface area contributed by atoms with Crippen molar-refractivity contribution in [3.8, 4) is 11.5 Å². The molecular formula is C18H15FN2O3. The number of Topliss-reactive ketones (excluding diaryl/α,β-unsaturated/α-hetero) is 1. The normalized spacial score (nSPS) is 10.8. The predicted octanol–water partition coefficient (Wildman–Crippen LogP) is 3.14. The minimum atomic E-state index is -0.730. The Morgan fingerprint density at radius 3 is 2.50 bits per heavy atom. The fourth-order valence-electron chi connectivity index (χ4n) is 2.26. The second kappa shape index (κ2) is 6.23. The summed E-state index contributed by atoms with van der Waals surface area (Å²) in [6, 6.07) is 10.8. The molecule has 0 amide bonds. The largest absolute Gasteiger partial charge is 0.437 e. The van der Waals surface area contributed by atoms with E-state index in [4.69, 9.17) is 4.42 Å². The summed E-state index contributed by atoms with van der Waals surface area (Å²) < 4.78 is 19.0. The standard InChI is InChI=1S/C18H15FN2O3/c1-11-3-4-14(9-12(11)2)16(22)10-21-18(23)24-17(20-21)13-5-7-15(19)8-6-13/h3-9H,10H2,1-2H3. The zero-order chi connectivity index (χ0) is 17.3. The molecule has 0 fully saturated rings. The molecule has 122 valence electrons. The molecule has 0 unspecified atom stereocenters. The van der Waals surface area contributed by atoms with Gasteiger partial charge < -0.3 is 4.42 Å². The van der Waals surface area contributed by atoms with Crippen LogP contribution in [0.3, 0.4) is 0 Å². The van der Waals surface area contributed by atoms with Crippen molar-refractivity contribution in [2.45, 2.75) is 20.4 Å². The predicted molar refractivity (Wildman–Crippen MR) is 86.4 cm³/mol. The van der Waals surface area contributed by atoms with E-state index in [1.807, 2.05) is 19.9 Å². The highest BCUT2D eigenvalue weighted by atomic mass is 19.1. The van der Waals surface area contributed by atoms with Gasteiger partial charge in [0.25, 0.3) is 0 Å². The molecule has 2 aromatic carbocycles. The molecule has 0 atom stereocenters. The van der Waals surface area contributed by atoms with Gasteiger partial charge >= 0.3 is 5.76 Å². The van der Waals surface area contributed by atoms with Crippen molar-refractivity contribution in [3.63, 3.8) is 0 Å². The van der Waals surface area contributed by atoms with E-state index in [-0.39, 0.29) is 18.2 Å². The van der Waals surface area contributed by atoms with E-state index in [0.29, 0.717) is 11.1 Å². The Morgan fingerprint density at radius 1 is 1.12 bits per heavy atom. The highest BCUT2D eigenvalue weighted by molar-refractivity contribution is 5.96. The lowest BCUT2D eigenvalue weighted by Gasteiger charge is -2.04. The number of aryl methyl sites for hydroxylation is 2. The van der Waals surface area contributed by atoms with Crippen molar-refractivity contribution in [1.82, 2.24) is 9.78 Å². The molecule has 1 aromatic heterocycles. The maximum absolute atomic E-state index is 12.9. The molecule has 3 rings (SSSR count). The molecule has 5 nitrogen and oxygen atoms in total. The zero-order valence-corrected chi connectivity index (χ0v) is 13.2. The average molecular weight is 326 g/mol. The molecule has 0 saturated heterocycles. The van der Waals surface area contributed by atoms with Gasteiger partial charge in [0.15, 0.2) is 5.78 Å². The fourth-order valence-corrected chi connectivity index (χ4v) is 2.26. The Labute approximate surface area is 137 Å². The van der Waals surface area contributed by atoms with Crippen molar-refractivity contribution in [3.05, 3.63) is 75.5 Å². The number of ketones is 1. The second-order valence-electron chi connectivity index (χ2n) is 5.56. The first kappa shape index (κ1) is 15.9. The number of benzene rings is 2. The minimum Gasteiger partial charge on any atom is -0.388 e. The highest BCUT2D eigenvalue weighted by Gasteiger charge is 2.15. The Hall–Kier alpha value is -3.02. The number of carbonyl (C=O) groups is 1. The van der Waals surface area contributed by atoms with E-state index in [0.717, 1.165) is 15.8 Å². The first-order chi connectivity index (χ1) is 11.4. The van der Waals surface area contributed by atoms with Gasteiger partial charge in [0.05, 0.1) is 0 Å². The van der Waals surface area contributed by atoms with Gasteiger partial charge in [-0.3, -0.25) is 4.79 Å².